The molecule has 1 saturated heterocycles. The molecule has 10 heteroatoms. The Morgan fingerprint density at radius 1 is 1.02 bits per heavy atom. The Labute approximate surface area is 230 Å². The number of fused-ring (bicyclic) bond motifs is 3. The average Bonchev–Trinajstić information content (AvgIpc) is 3.26. The summed E-state index contributed by atoms with van der Waals surface area (Å²) >= 11 is 0. The first kappa shape index (κ1) is 28.4. The van der Waals surface area contributed by atoms with Gasteiger partial charge in [0.25, 0.3) is 0 Å². The number of halogens is 5. The number of carbonyl (C=O) groups excluding carboxylic acids is 1. The zero-order valence-corrected chi connectivity index (χ0v) is 22.5. The number of hydrogen-bond acceptors (Lipinski definition) is 3. The van der Waals surface area contributed by atoms with E-state index in [2.05, 4.69) is 0 Å². The summed E-state index contributed by atoms with van der Waals surface area (Å²) in [6.07, 6.45) is -2.38. The van der Waals surface area contributed by atoms with Gasteiger partial charge >= 0.3 is 12.1 Å². The first-order valence-electron chi connectivity index (χ1n) is 13.6. The van der Waals surface area contributed by atoms with Crippen LogP contribution in [0.2, 0.25) is 0 Å². The Morgan fingerprint density at radius 2 is 1.70 bits per heavy atom. The molecule has 1 N–H and O–H groups in total. The number of likely N-dealkylation sites (N-methyl/N-ethyl adjacent to an activating group) is 1. The highest BCUT2D eigenvalue weighted by Gasteiger charge is 2.57. The van der Waals surface area contributed by atoms with Crippen molar-refractivity contribution in [2.75, 3.05) is 25.0 Å². The molecule has 0 radical (unpaired) electrons. The lowest BCUT2D eigenvalue weighted by atomic mass is 9.66. The maximum absolute atomic E-state index is 15.0. The third-order valence-electron chi connectivity index (χ3n) is 9.40. The number of likely N-dealkylation sites (tertiary alicyclic amines) is 1. The first-order chi connectivity index (χ1) is 18.7. The smallest absolute Gasteiger partial charge is 0.426 e. The lowest BCUT2D eigenvalue weighted by molar-refractivity contribution is -0.228. The van der Waals surface area contributed by atoms with Gasteiger partial charge in [0.1, 0.15) is 5.82 Å². The van der Waals surface area contributed by atoms with E-state index in [1.165, 1.54) is 24.3 Å². The van der Waals surface area contributed by atoms with Gasteiger partial charge in [-0.25, -0.2) is 8.78 Å². The average molecular weight is 565 g/mol. The molecule has 216 valence electrons. The molecule has 2 heterocycles. The van der Waals surface area contributed by atoms with E-state index < -0.39 is 40.5 Å². The van der Waals surface area contributed by atoms with Crippen LogP contribution in [-0.4, -0.2) is 54.2 Å². The number of amides is 1. The standard InChI is InChI=1S/C30H33F5N2O3/c1-28(32,30(33,34)35)21-10-11-23-24(15-21)36(2)17-25-29(23,16-18-4-3-5-22(31)14-18)12-13-37(25)26(38)19-6-8-20(9-7-19)27(39)40/h3-5,10-11,14-15,19-20,25H,6-9,12-13,16-17H2,1-2H3,(H,39,40). The summed E-state index contributed by atoms with van der Waals surface area (Å²) in [6.45, 7) is 1.24. The second-order valence-electron chi connectivity index (χ2n) is 11.8. The third kappa shape index (κ3) is 4.73. The molecule has 2 aromatic rings. The molecule has 2 aliphatic heterocycles. The number of aliphatic carboxylic acids is 1. The largest absolute Gasteiger partial charge is 0.481 e. The van der Waals surface area contributed by atoms with Gasteiger partial charge in [-0.05, 0) is 74.8 Å². The normalized spacial score (nSPS) is 28.0. The number of rotatable bonds is 5. The van der Waals surface area contributed by atoms with Crippen LogP contribution in [0.5, 0.6) is 0 Å². The molecule has 3 atom stereocenters. The summed E-state index contributed by atoms with van der Waals surface area (Å²) in [5.74, 6) is -2.05. The summed E-state index contributed by atoms with van der Waals surface area (Å²) in [7, 11) is 1.72. The molecule has 0 bridgehead atoms. The lowest BCUT2D eigenvalue weighted by Crippen LogP contribution is -2.56. The minimum atomic E-state index is -5.09. The molecule has 2 fully saturated rings. The highest BCUT2D eigenvalue weighted by atomic mass is 19.4. The molecule has 5 rings (SSSR count). The molecule has 1 amide bonds. The topological polar surface area (TPSA) is 60.9 Å². The maximum Gasteiger partial charge on any atom is 0.426 e. The van der Waals surface area contributed by atoms with Crippen molar-refractivity contribution in [2.45, 2.75) is 68.8 Å². The summed E-state index contributed by atoms with van der Waals surface area (Å²) in [4.78, 5) is 28.8. The van der Waals surface area contributed by atoms with Gasteiger partial charge in [0.15, 0.2) is 0 Å². The van der Waals surface area contributed by atoms with Crippen LogP contribution >= 0.6 is 0 Å². The van der Waals surface area contributed by atoms with Gasteiger partial charge in [-0.1, -0.05) is 24.3 Å². The minimum absolute atomic E-state index is 0.0446. The van der Waals surface area contributed by atoms with Gasteiger partial charge in [0.2, 0.25) is 11.6 Å². The number of hydrogen-bond donors (Lipinski definition) is 1. The van der Waals surface area contributed by atoms with Crippen LogP contribution in [0, 0.1) is 17.7 Å². The van der Waals surface area contributed by atoms with Gasteiger partial charge in [0.05, 0.1) is 12.0 Å². The van der Waals surface area contributed by atoms with Gasteiger partial charge in [-0.15, -0.1) is 0 Å². The summed E-state index contributed by atoms with van der Waals surface area (Å²) in [6, 6.07) is 9.79. The zero-order chi connectivity index (χ0) is 29.0. The predicted octanol–water partition coefficient (Wildman–Crippen LogP) is 5.99. The molecule has 3 unspecified atom stereocenters. The van der Waals surface area contributed by atoms with Gasteiger partial charge in [-0.2, -0.15) is 13.2 Å². The van der Waals surface area contributed by atoms with Crippen molar-refractivity contribution < 1.29 is 36.6 Å². The van der Waals surface area contributed by atoms with Crippen molar-refractivity contribution in [3.8, 4) is 0 Å². The highest BCUT2D eigenvalue weighted by molar-refractivity contribution is 5.81. The zero-order valence-electron chi connectivity index (χ0n) is 22.5. The Balaban J connectivity index is 1.54. The molecular formula is C30H33F5N2O3. The third-order valence-corrected chi connectivity index (χ3v) is 9.40. The summed E-state index contributed by atoms with van der Waals surface area (Å²) in [5.41, 5.74) is -2.87. The quantitative estimate of drug-likeness (QED) is 0.453. The lowest BCUT2D eigenvalue weighted by Gasteiger charge is -2.48. The molecular weight excluding hydrogens is 531 g/mol. The van der Waals surface area contributed by atoms with Gasteiger partial charge in [0, 0.05) is 42.7 Å². The number of benzene rings is 2. The molecule has 5 nitrogen and oxygen atoms in total. The number of carbonyl (C=O) groups is 2. The second kappa shape index (κ2) is 10.0. The number of carboxylic acids is 1. The van der Waals surface area contributed by atoms with Crippen molar-refractivity contribution in [3.63, 3.8) is 0 Å². The van der Waals surface area contributed by atoms with Crippen LogP contribution < -0.4 is 4.90 Å². The van der Waals surface area contributed by atoms with E-state index in [0.717, 1.165) is 0 Å². The molecule has 1 aliphatic carbocycles. The van der Waals surface area contributed by atoms with Crippen LogP contribution in [0.15, 0.2) is 42.5 Å². The van der Waals surface area contributed by atoms with E-state index >= 15 is 0 Å². The van der Waals surface area contributed by atoms with Crippen molar-refractivity contribution in [1.29, 1.82) is 0 Å². The van der Waals surface area contributed by atoms with Gasteiger partial charge in [-0.3, -0.25) is 9.59 Å². The van der Waals surface area contributed by atoms with Crippen LogP contribution in [-0.2, 0) is 27.1 Å². The van der Waals surface area contributed by atoms with Crippen LogP contribution in [0.1, 0.15) is 55.7 Å². The first-order valence-corrected chi connectivity index (χ1v) is 13.6. The fourth-order valence-corrected chi connectivity index (χ4v) is 7.01. The van der Waals surface area contributed by atoms with Crippen molar-refractivity contribution in [3.05, 3.63) is 65.0 Å². The molecule has 3 aliphatic rings. The van der Waals surface area contributed by atoms with E-state index in [1.807, 2.05) is 4.90 Å². The SMILES string of the molecule is CN1CC2N(C(=O)C3CCC(C(=O)O)CC3)CCC2(Cc2cccc(F)c2)c2ccc(C(C)(F)C(F)(F)F)cc21. The van der Waals surface area contributed by atoms with Crippen molar-refractivity contribution in [1.82, 2.24) is 4.90 Å². The van der Waals surface area contributed by atoms with Crippen molar-refractivity contribution in [2.24, 2.45) is 11.8 Å². The minimum Gasteiger partial charge on any atom is -0.481 e. The Hall–Kier alpha value is -3.17. The van der Waals surface area contributed by atoms with E-state index in [1.54, 1.807) is 30.1 Å². The Kier molecular flexibility index (Phi) is 7.11. The van der Waals surface area contributed by atoms with E-state index in [4.69, 9.17) is 0 Å². The second-order valence-corrected chi connectivity index (χ2v) is 11.8. The number of alkyl halides is 4. The molecule has 1 saturated carbocycles. The van der Waals surface area contributed by atoms with Crippen molar-refractivity contribution >= 4 is 17.6 Å². The number of carboxylic acid groups (broad SMARTS) is 1. The fourth-order valence-electron chi connectivity index (χ4n) is 7.01. The number of anilines is 1. The Morgan fingerprint density at radius 3 is 2.33 bits per heavy atom. The predicted molar refractivity (Wildman–Crippen MR) is 139 cm³/mol. The summed E-state index contributed by atoms with van der Waals surface area (Å²) in [5, 5.41) is 9.35. The molecule has 40 heavy (non-hydrogen) atoms. The van der Waals surface area contributed by atoms with E-state index in [-0.39, 0.29) is 17.9 Å². The van der Waals surface area contributed by atoms with E-state index in [9.17, 15) is 36.6 Å². The van der Waals surface area contributed by atoms with Crippen LogP contribution in [0.4, 0.5) is 27.6 Å². The fraction of sp³-hybridized carbons (Fsp3) is 0.533. The van der Waals surface area contributed by atoms with E-state index in [0.29, 0.717) is 75.4 Å². The molecule has 2 aromatic carbocycles. The highest BCUT2D eigenvalue weighted by Crippen LogP contribution is 2.52. The Bertz CT molecular complexity index is 1300. The monoisotopic (exact) mass is 564 g/mol. The van der Waals surface area contributed by atoms with Crippen LogP contribution in [0.25, 0.3) is 0 Å². The molecule has 0 aromatic heterocycles. The molecule has 0 spiro atoms. The van der Waals surface area contributed by atoms with Crippen LogP contribution in [0.3, 0.4) is 0 Å². The van der Waals surface area contributed by atoms with Gasteiger partial charge < -0.3 is 14.9 Å². The number of nitrogens with zero attached hydrogens (tertiary/aromatic N) is 2. The summed E-state index contributed by atoms with van der Waals surface area (Å²) < 4.78 is 69.8. The maximum atomic E-state index is 15.0.